The third kappa shape index (κ3) is 6.57. The molecule has 0 aliphatic carbocycles. The first-order chi connectivity index (χ1) is 13.9. The van der Waals surface area contributed by atoms with Crippen molar-refractivity contribution in [2.75, 3.05) is 6.61 Å². The van der Waals surface area contributed by atoms with Crippen LogP contribution >= 0.6 is 23.5 Å². The number of hydrogen-bond acceptors (Lipinski definition) is 9. The molecule has 6 atom stereocenters. The molecule has 2 heterocycles. The van der Waals surface area contributed by atoms with Crippen molar-refractivity contribution < 1.29 is 65.0 Å². The van der Waals surface area contributed by atoms with Gasteiger partial charge in [-0.2, -0.15) is 8.62 Å². The van der Waals surface area contributed by atoms with Gasteiger partial charge in [0.2, 0.25) is 0 Å². The Balaban J connectivity index is 2.14. The SMILES string of the molecule is Cc1[nH]c(=O)c(C)c(F)c1[C@@H]1O[C@H](COP(=O)(O)OP(=O)(O)OP(=O)(O)O)C(O)[C@@H]1F. The van der Waals surface area contributed by atoms with Crippen molar-refractivity contribution >= 4 is 23.5 Å². The Morgan fingerprint density at radius 2 is 1.68 bits per heavy atom. The Morgan fingerprint density at radius 3 is 2.23 bits per heavy atom. The number of halogens is 2. The first kappa shape index (κ1) is 26.4. The summed E-state index contributed by atoms with van der Waals surface area (Å²) in [5.74, 6) is -1.09. The van der Waals surface area contributed by atoms with Gasteiger partial charge in [0.05, 0.1) is 12.2 Å². The van der Waals surface area contributed by atoms with Crippen LogP contribution in [0.3, 0.4) is 0 Å². The summed E-state index contributed by atoms with van der Waals surface area (Å²) in [5.41, 5.74) is -1.65. The Kier molecular flexibility index (Phi) is 7.81. The maximum Gasteiger partial charge on any atom is 0.490 e. The normalized spacial score (nSPS) is 28.3. The van der Waals surface area contributed by atoms with Gasteiger partial charge >= 0.3 is 23.5 Å². The maximum absolute atomic E-state index is 14.5. The minimum atomic E-state index is -5.77. The summed E-state index contributed by atoms with van der Waals surface area (Å²) in [6, 6.07) is 0. The number of aromatic nitrogens is 1. The van der Waals surface area contributed by atoms with Crippen LogP contribution in [0.1, 0.15) is 22.9 Å². The van der Waals surface area contributed by atoms with Crippen molar-refractivity contribution in [1.29, 1.82) is 0 Å². The van der Waals surface area contributed by atoms with Crippen molar-refractivity contribution in [3.8, 4) is 0 Å². The highest BCUT2D eigenvalue weighted by Crippen LogP contribution is 2.66. The van der Waals surface area contributed by atoms with Gasteiger partial charge in [-0.3, -0.25) is 9.32 Å². The summed E-state index contributed by atoms with van der Waals surface area (Å²) >= 11 is 0. The van der Waals surface area contributed by atoms with Crippen LogP contribution in [0.5, 0.6) is 0 Å². The van der Waals surface area contributed by atoms with Gasteiger partial charge in [0.1, 0.15) is 24.1 Å². The molecule has 1 aliphatic rings. The highest BCUT2D eigenvalue weighted by atomic mass is 31.3. The number of rotatable bonds is 8. The first-order valence-corrected chi connectivity index (χ1v) is 12.6. The largest absolute Gasteiger partial charge is 0.490 e. The van der Waals surface area contributed by atoms with Gasteiger partial charge in [-0.25, -0.2) is 22.5 Å². The Labute approximate surface area is 172 Å². The molecule has 0 radical (unpaired) electrons. The second-order valence-corrected chi connectivity index (χ2v) is 10.8. The smallest absolute Gasteiger partial charge is 0.387 e. The number of aryl methyl sites for hydroxylation is 1. The van der Waals surface area contributed by atoms with E-state index in [0.29, 0.717) is 0 Å². The average Bonchev–Trinajstić information content (AvgIpc) is 2.83. The fourth-order valence-corrected chi connectivity index (χ4v) is 5.73. The number of aromatic amines is 1. The lowest BCUT2D eigenvalue weighted by molar-refractivity contribution is -0.0232. The number of aliphatic hydroxyl groups excluding tert-OH is 1. The summed E-state index contributed by atoms with van der Waals surface area (Å²) < 4.78 is 79.0. The van der Waals surface area contributed by atoms with Crippen LogP contribution in [0.4, 0.5) is 8.78 Å². The average molecular weight is 515 g/mol. The summed E-state index contributed by atoms with van der Waals surface area (Å²) in [7, 11) is -16.9. The minimum absolute atomic E-state index is 0.0958. The molecule has 1 aromatic heterocycles. The monoisotopic (exact) mass is 515 g/mol. The number of hydrogen-bond donors (Lipinski definition) is 6. The van der Waals surface area contributed by atoms with Crippen LogP contribution in [0, 0.1) is 19.7 Å². The van der Waals surface area contributed by atoms with E-state index in [1.54, 1.807) is 0 Å². The predicted octanol–water partition coefficient (Wildman–Crippen LogP) is 0.613. The molecule has 19 heteroatoms. The van der Waals surface area contributed by atoms with Crippen molar-refractivity contribution in [2.24, 2.45) is 0 Å². The third-order valence-electron chi connectivity index (χ3n) is 4.03. The van der Waals surface area contributed by atoms with E-state index in [2.05, 4.69) is 18.1 Å². The number of phosphoric acid groups is 3. The zero-order valence-corrected chi connectivity index (χ0v) is 18.3. The van der Waals surface area contributed by atoms with Crippen molar-refractivity contribution in [1.82, 2.24) is 4.98 Å². The summed E-state index contributed by atoms with van der Waals surface area (Å²) in [6.45, 7) is 1.24. The molecule has 31 heavy (non-hydrogen) atoms. The topological polar surface area (TPSA) is 222 Å². The lowest BCUT2D eigenvalue weighted by atomic mass is 9.99. The molecular weight excluding hydrogens is 497 g/mol. The predicted molar refractivity (Wildman–Crippen MR) is 94.8 cm³/mol. The molecule has 178 valence electrons. The highest BCUT2D eigenvalue weighted by molar-refractivity contribution is 7.66. The molecule has 0 bridgehead atoms. The number of pyridine rings is 1. The van der Waals surface area contributed by atoms with E-state index in [9.17, 15) is 37.3 Å². The number of ether oxygens (including phenoxy) is 1. The van der Waals surface area contributed by atoms with Crippen LogP contribution in [0.15, 0.2) is 4.79 Å². The van der Waals surface area contributed by atoms with Gasteiger partial charge in [0.15, 0.2) is 6.17 Å². The molecule has 1 aliphatic heterocycles. The van der Waals surface area contributed by atoms with E-state index in [4.69, 9.17) is 19.4 Å². The molecule has 0 amide bonds. The van der Waals surface area contributed by atoms with Gasteiger partial charge in [-0.1, -0.05) is 0 Å². The number of phosphoric ester groups is 1. The third-order valence-corrected chi connectivity index (χ3v) is 7.83. The minimum Gasteiger partial charge on any atom is -0.387 e. The van der Waals surface area contributed by atoms with Gasteiger partial charge in [-0.15, -0.1) is 0 Å². The number of nitrogens with one attached hydrogen (secondary N) is 1. The number of H-pyrrole nitrogens is 1. The van der Waals surface area contributed by atoms with Crippen molar-refractivity contribution in [3.05, 3.63) is 33.0 Å². The summed E-state index contributed by atoms with van der Waals surface area (Å²) in [5, 5.41) is 9.96. The van der Waals surface area contributed by atoms with Gasteiger partial charge in [-0.05, 0) is 13.8 Å². The van der Waals surface area contributed by atoms with Crippen molar-refractivity contribution in [3.63, 3.8) is 0 Å². The highest BCUT2D eigenvalue weighted by Gasteiger charge is 2.48. The zero-order valence-electron chi connectivity index (χ0n) is 15.6. The van der Waals surface area contributed by atoms with Crippen LogP contribution in [-0.4, -0.2) is 54.7 Å². The fourth-order valence-electron chi connectivity index (χ4n) is 2.70. The van der Waals surface area contributed by atoms with E-state index in [1.807, 2.05) is 0 Å². The van der Waals surface area contributed by atoms with Gasteiger partial charge in [0.25, 0.3) is 5.56 Å². The van der Waals surface area contributed by atoms with Crippen LogP contribution in [0.2, 0.25) is 0 Å². The molecule has 1 saturated heterocycles. The molecule has 6 N–H and O–H groups in total. The molecule has 0 aromatic carbocycles. The summed E-state index contributed by atoms with van der Waals surface area (Å²) in [4.78, 5) is 49.2. The standard InChI is InChI=1S/C12H18F2NO13P3/c1-4-8(13)7(5(2)15-12(4)17)11-9(14)10(16)6(26-11)3-25-30(21,22)28-31(23,24)27-29(18,19)20/h6,9-11,16H,3H2,1-2H3,(H,15,17)(H,21,22)(H,23,24)(H2,18,19,20)/t6-,9+,10?,11+/m1/s1. The van der Waals surface area contributed by atoms with E-state index in [-0.39, 0.29) is 11.3 Å². The van der Waals surface area contributed by atoms with Crippen LogP contribution < -0.4 is 5.56 Å². The van der Waals surface area contributed by atoms with E-state index in [1.165, 1.54) is 6.92 Å². The lowest BCUT2D eigenvalue weighted by Gasteiger charge is -2.19. The van der Waals surface area contributed by atoms with Crippen LogP contribution in [-0.2, 0) is 31.6 Å². The molecule has 2 rings (SSSR count). The van der Waals surface area contributed by atoms with Crippen molar-refractivity contribution in [2.45, 2.75) is 38.3 Å². The molecular formula is C12H18F2NO13P3. The van der Waals surface area contributed by atoms with E-state index >= 15 is 0 Å². The zero-order chi connectivity index (χ0) is 23.9. The van der Waals surface area contributed by atoms with E-state index < -0.39 is 71.5 Å². The van der Waals surface area contributed by atoms with Gasteiger partial charge in [0, 0.05) is 11.3 Å². The second-order valence-electron chi connectivity index (χ2n) is 6.35. The maximum atomic E-state index is 14.5. The Hall–Kier alpha value is -0.860. The molecule has 14 nitrogen and oxygen atoms in total. The first-order valence-electron chi connectivity index (χ1n) is 8.09. The second kappa shape index (κ2) is 9.18. The number of alkyl halides is 1. The summed E-state index contributed by atoms with van der Waals surface area (Å²) in [6.07, 6.45) is -7.76. The fraction of sp³-hybridized carbons (Fsp3) is 0.583. The molecule has 1 fully saturated rings. The van der Waals surface area contributed by atoms with Gasteiger partial charge < -0.3 is 34.4 Å². The van der Waals surface area contributed by atoms with Crippen LogP contribution in [0.25, 0.3) is 0 Å². The Bertz CT molecular complexity index is 1040. The molecule has 3 unspecified atom stereocenters. The number of aliphatic hydroxyl groups is 1. The lowest BCUT2D eigenvalue weighted by Crippen LogP contribution is -2.31. The molecule has 1 aromatic rings. The Morgan fingerprint density at radius 1 is 1.10 bits per heavy atom. The molecule has 0 saturated carbocycles. The quantitative estimate of drug-likeness (QED) is 0.262. The molecule has 0 spiro atoms. The van der Waals surface area contributed by atoms with E-state index in [0.717, 1.165) is 6.92 Å².